The first-order chi connectivity index (χ1) is 9.22. The fraction of sp³-hybridized carbons (Fsp3) is 0.133. The average molecular weight is 337 g/mol. The number of nitriles is 1. The summed E-state index contributed by atoms with van der Waals surface area (Å²) in [6.07, 6.45) is 0.411. The molecule has 2 nitrogen and oxygen atoms in total. The lowest BCUT2D eigenvalue weighted by Gasteiger charge is -2.10. The van der Waals surface area contributed by atoms with E-state index in [0.717, 1.165) is 22.6 Å². The van der Waals surface area contributed by atoms with E-state index in [2.05, 4.69) is 22.0 Å². The van der Waals surface area contributed by atoms with Crippen molar-refractivity contribution in [2.24, 2.45) is 0 Å². The molecule has 0 radical (unpaired) electrons. The summed E-state index contributed by atoms with van der Waals surface area (Å²) in [7, 11) is 0. The topological polar surface area (TPSA) is 33.0 Å². The van der Waals surface area contributed by atoms with Crippen LogP contribution in [0.5, 0.6) is 11.5 Å². The third-order valence-electron chi connectivity index (χ3n) is 2.60. The van der Waals surface area contributed by atoms with Gasteiger partial charge in [0.25, 0.3) is 0 Å². The van der Waals surface area contributed by atoms with Crippen molar-refractivity contribution in [3.05, 3.63) is 58.6 Å². The average Bonchev–Trinajstić information content (AvgIpc) is 2.43. The normalized spacial score (nSPS) is 9.95. The third kappa shape index (κ3) is 3.73. The number of nitrogens with zero attached hydrogens (tertiary/aromatic N) is 1. The van der Waals surface area contributed by atoms with Crippen LogP contribution in [0.3, 0.4) is 0 Å². The molecule has 0 N–H and O–H groups in total. The molecular weight excluding hydrogens is 326 g/mol. The van der Waals surface area contributed by atoms with Crippen molar-refractivity contribution in [2.45, 2.75) is 11.8 Å². The summed E-state index contributed by atoms with van der Waals surface area (Å²) in [5.41, 5.74) is 1.97. The summed E-state index contributed by atoms with van der Waals surface area (Å²) in [6.45, 7) is 0. The van der Waals surface area contributed by atoms with Crippen molar-refractivity contribution in [1.29, 1.82) is 5.26 Å². The Balaban J connectivity index is 2.19. The quantitative estimate of drug-likeness (QED) is 0.728. The Morgan fingerprint density at radius 1 is 1.16 bits per heavy atom. The Labute approximate surface area is 125 Å². The lowest BCUT2D eigenvalue weighted by molar-refractivity contribution is 0.478. The van der Waals surface area contributed by atoms with Gasteiger partial charge in [0.05, 0.1) is 12.5 Å². The van der Waals surface area contributed by atoms with E-state index in [4.69, 9.17) is 21.6 Å². The van der Waals surface area contributed by atoms with E-state index in [-0.39, 0.29) is 0 Å². The predicted molar refractivity (Wildman–Crippen MR) is 79.9 cm³/mol. The fourth-order valence-corrected chi connectivity index (χ4v) is 2.28. The van der Waals surface area contributed by atoms with Crippen molar-refractivity contribution in [2.75, 3.05) is 0 Å². The second-order valence-corrected chi connectivity index (χ2v) is 4.96. The van der Waals surface area contributed by atoms with Crippen LogP contribution < -0.4 is 4.74 Å². The van der Waals surface area contributed by atoms with E-state index >= 15 is 0 Å². The third-order valence-corrected chi connectivity index (χ3v) is 3.44. The Morgan fingerprint density at radius 2 is 1.89 bits per heavy atom. The molecule has 2 aromatic rings. The number of hydrogen-bond donors (Lipinski definition) is 0. The first-order valence-electron chi connectivity index (χ1n) is 5.71. The molecule has 4 heteroatoms. The molecule has 0 aromatic heterocycles. The van der Waals surface area contributed by atoms with Gasteiger partial charge in [-0.25, -0.2) is 0 Å². The van der Waals surface area contributed by atoms with Crippen LogP contribution in [0.15, 0.2) is 42.5 Å². The van der Waals surface area contributed by atoms with E-state index in [1.807, 2.05) is 36.4 Å². The molecule has 0 unspecified atom stereocenters. The van der Waals surface area contributed by atoms with E-state index < -0.39 is 0 Å². The fourth-order valence-electron chi connectivity index (χ4n) is 1.65. The number of benzene rings is 2. The molecule has 0 aliphatic carbocycles. The highest BCUT2D eigenvalue weighted by Gasteiger charge is 2.05. The van der Waals surface area contributed by atoms with E-state index in [1.54, 1.807) is 6.07 Å². The van der Waals surface area contributed by atoms with Gasteiger partial charge in [-0.05, 0) is 35.9 Å². The van der Waals surface area contributed by atoms with Crippen molar-refractivity contribution < 1.29 is 4.74 Å². The zero-order valence-electron chi connectivity index (χ0n) is 10.1. The highest BCUT2D eigenvalue weighted by Crippen LogP contribution is 2.29. The largest absolute Gasteiger partial charge is 0.457 e. The maximum atomic E-state index is 8.62. The number of halogens is 2. The first kappa shape index (κ1) is 13.9. The minimum absolute atomic E-state index is 0.411. The molecular formula is C15H11BrClNO. The summed E-state index contributed by atoms with van der Waals surface area (Å²) in [5.74, 6) is 1.51. The van der Waals surface area contributed by atoms with Crippen LogP contribution in [0.4, 0.5) is 0 Å². The molecule has 2 rings (SSSR count). The second kappa shape index (κ2) is 6.60. The van der Waals surface area contributed by atoms with Gasteiger partial charge in [0.15, 0.2) is 0 Å². The van der Waals surface area contributed by atoms with Gasteiger partial charge in [-0.3, -0.25) is 0 Å². The summed E-state index contributed by atoms with van der Waals surface area (Å²) >= 11 is 9.36. The monoisotopic (exact) mass is 335 g/mol. The number of alkyl halides is 1. The van der Waals surface area contributed by atoms with Crippen LogP contribution in [0, 0.1) is 11.3 Å². The number of hydrogen-bond acceptors (Lipinski definition) is 2. The Hall–Kier alpha value is -1.50. The van der Waals surface area contributed by atoms with Crippen molar-refractivity contribution >= 4 is 27.5 Å². The molecule has 0 saturated carbocycles. The van der Waals surface area contributed by atoms with Gasteiger partial charge >= 0.3 is 0 Å². The maximum absolute atomic E-state index is 8.62. The zero-order chi connectivity index (χ0) is 13.7. The van der Waals surface area contributed by atoms with E-state index in [9.17, 15) is 0 Å². The van der Waals surface area contributed by atoms with Gasteiger partial charge < -0.3 is 4.74 Å². The van der Waals surface area contributed by atoms with Gasteiger partial charge in [0.1, 0.15) is 11.5 Å². The molecule has 0 bridgehead atoms. The number of rotatable bonds is 4. The van der Waals surface area contributed by atoms with Gasteiger partial charge in [0, 0.05) is 15.9 Å². The molecule has 0 spiro atoms. The van der Waals surface area contributed by atoms with Crippen molar-refractivity contribution in [3.63, 3.8) is 0 Å². The summed E-state index contributed by atoms with van der Waals surface area (Å²) < 4.78 is 5.82. The molecule has 2 aromatic carbocycles. The van der Waals surface area contributed by atoms with Crippen molar-refractivity contribution in [1.82, 2.24) is 0 Å². The van der Waals surface area contributed by atoms with Gasteiger partial charge in [-0.15, -0.1) is 0 Å². The molecule has 0 fully saturated rings. The molecule has 19 heavy (non-hydrogen) atoms. The molecule has 0 saturated heterocycles. The maximum Gasteiger partial charge on any atom is 0.131 e. The van der Waals surface area contributed by atoms with E-state index in [0.29, 0.717) is 16.8 Å². The van der Waals surface area contributed by atoms with Gasteiger partial charge in [0.2, 0.25) is 0 Å². The molecule has 96 valence electrons. The predicted octanol–water partition coefficient (Wildman–Crippen LogP) is 5.09. The SMILES string of the molecule is N#CCc1ccc(Oc2ccc(Cl)cc2CBr)cc1. The standard InChI is InChI=1S/C15H11BrClNO/c16-10-12-9-13(17)3-6-15(12)19-14-4-1-11(2-5-14)7-8-18/h1-6,9H,7,10H2. The van der Waals surface area contributed by atoms with Gasteiger partial charge in [-0.2, -0.15) is 5.26 Å². The lowest BCUT2D eigenvalue weighted by atomic mass is 10.1. The van der Waals surface area contributed by atoms with Gasteiger partial charge in [-0.1, -0.05) is 39.7 Å². The van der Waals surface area contributed by atoms with Crippen molar-refractivity contribution in [3.8, 4) is 17.6 Å². The van der Waals surface area contributed by atoms with Crippen LogP contribution in [-0.2, 0) is 11.8 Å². The van der Waals surface area contributed by atoms with Crippen LogP contribution in [-0.4, -0.2) is 0 Å². The van der Waals surface area contributed by atoms with Crippen LogP contribution in [0.2, 0.25) is 5.02 Å². The van der Waals surface area contributed by atoms with Crippen LogP contribution >= 0.6 is 27.5 Å². The highest BCUT2D eigenvalue weighted by molar-refractivity contribution is 9.08. The molecule has 0 aliphatic rings. The van der Waals surface area contributed by atoms with Crippen LogP contribution in [0.1, 0.15) is 11.1 Å². The molecule has 0 atom stereocenters. The Bertz CT molecular complexity index is 605. The minimum atomic E-state index is 0.411. The molecule has 0 aliphatic heterocycles. The molecule has 0 amide bonds. The Kier molecular flexibility index (Phi) is 4.84. The second-order valence-electron chi connectivity index (χ2n) is 3.97. The minimum Gasteiger partial charge on any atom is -0.457 e. The highest BCUT2D eigenvalue weighted by atomic mass is 79.9. The molecule has 0 heterocycles. The van der Waals surface area contributed by atoms with E-state index in [1.165, 1.54) is 0 Å². The van der Waals surface area contributed by atoms with Crippen LogP contribution in [0.25, 0.3) is 0 Å². The summed E-state index contributed by atoms with van der Waals surface area (Å²) in [5, 5.41) is 9.98. The summed E-state index contributed by atoms with van der Waals surface area (Å²) in [4.78, 5) is 0. The number of ether oxygens (including phenoxy) is 1. The first-order valence-corrected chi connectivity index (χ1v) is 7.21. The zero-order valence-corrected chi connectivity index (χ0v) is 12.4. The smallest absolute Gasteiger partial charge is 0.131 e. The Morgan fingerprint density at radius 3 is 2.53 bits per heavy atom. The lowest BCUT2D eigenvalue weighted by Crippen LogP contribution is -1.90. The summed E-state index contributed by atoms with van der Waals surface area (Å²) in [6, 6.07) is 15.1.